The van der Waals surface area contributed by atoms with Crippen LogP contribution >= 0.6 is 0 Å². The Morgan fingerprint density at radius 2 is 1.97 bits per heavy atom. The lowest BCUT2D eigenvalue weighted by molar-refractivity contribution is -0.126. The molecule has 2 amide bonds. The monoisotopic (exact) mass is 457 g/mol. The number of aromatic nitrogens is 4. The predicted octanol–water partition coefficient (Wildman–Crippen LogP) is 3.35. The first kappa shape index (κ1) is 21.8. The van der Waals surface area contributed by atoms with Gasteiger partial charge in [0.05, 0.1) is 0 Å². The highest BCUT2D eigenvalue weighted by Gasteiger charge is 2.29. The van der Waals surface area contributed by atoms with Crippen molar-refractivity contribution in [3.05, 3.63) is 54.9 Å². The highest BCUT2D eigenvalue weighted by atomic mass is 16.2. The Kier molecular flexibility index (Phi) is 5.83. The Labute approximate surface area is 197 Å². The number of nitrogens with zero attached hydrogens (tertiary/aromatic N) is 4. The van der Waals surface area contributed by atoms with Gasteiger partial charge in [-0.15, -0.1) is 14.8 Å². The molecule has 0 spiro atoms. The summed E-state index contributed by atoms with van der Waals surface area (Å²) in [6, 6.07) is 7.77. The number of carbonyl (C=O) groups is 2. The zero-order valence-corrected chi connectivity index (χ0v) is 18.8. The zero-order valence-electron chi connectivity index (χ0n) is 18.8. The third kappa shape index (κ3) is 4.16. The van der Waals surface area contributed by atoms with Gasteiger partial charge in [-0.2, -0.15) is 0 Å². The minimum atomic E-state index is -0.271. The van der Waals surface area contributed by atoms with Crippen molar-refractivity contribution in [2.45, 2.75) is 44.6 Å². The van der Waals surface area contributed by atoms with Crippen molar-refractivity contribution in [1.29, 1.82) is 0 Å². The molecule has 0 bridgehead atoms. The molecule has 1 fully saturated rings. The van der Waals surface area contributed by atoms with E-state index in [9.17, 15) is 9.59 Å². The number of allylic oxidation sites excluding steroid dienone is 2. The van der Waals surface area contributed by atoms with Crippen molar-refractivity contribution in [1.82, 2.24) is 25.1 Å². The summed E-state index contributed by atoms with van der Waals surface area (Å²) in [6.07, 6.45) is 10.3. The van der Waals surface area contributed by atoms with Crippen molar-refractivity contribution in [3.63, 3.8) is 0 Å². The molecule has 34 heavy (non-hydrogen) atoms. The van der Waals surface area contributed by atoms with Crippen molar-refractivity contribution in [3.8, 4) is 11.3 Å². The average molecular weight is 458 g/mol. The molecule has 2 aliphatic rings. The summed E-state index contributed by atoms with van der Waals surface area (Å²) in [4.78, 5) is 28.4. The Bertz CT molecular complexity index is 1290. The van der Waals surface area contributed by atoms with Crippen molar-refractivity contribution >= 4 is 34.4 Å². The first-order chi connectivity index (χ1) is 16.5. The molecular weight excluding hydrogens is 430 g/mol. The van der Waals surface area contributed by atoms with E-state index in [2.05, 4.69) is 33.4 Å². The summed E-state index contributed by atoms with van der Waals surface area (Å²) in [7, 11) is 0. The molecule has 2 aromatic heterocycles. The van der Waals surface area contributed by atoms with Crippen LogP contribution in [0.25, 0.3) is 22.3 Å². The number of hydrogen-bond acceptors (Lipinski definition) is 6. The molecule has 0 saturated heterocycles. The van der Waals surface area contributed by atoms with Gasteiger partial charge in [-0.3, -0.25) is 9.59 Å². The molecule has 1 unspecified atom stereocenters. The topological polar surface area (TPSA) is 127 Å². The van der Waals surface area contributed by atoms with E-state index in [4.69, 9.17) is 10.8 Å². The molecule has 1 atom stereocenters. The number of anilines is 2. The smallest absolute Gasteiger partial charge is 0.247 e. The summed E-state index contributed by atoms with van der Waals surface area (Å²) in [5.41, 5.74) is 11.1. The summed E-state index contributed by atoms with van der Waals surface area (Å²) >= 11 is 0. The molecule has 3 aromatic rings. The predicted molar refractivity (Wildman–Crippen MR) is 131 cm³/mol. The maximum Gasteiger partial charge on any atom is 0.247 e. The number of carbonyl (C=O) groups excluding carboxylic acids is 2. The number of benzene rings is 1. The Morgan fingerprint density at radius 3 is 2.62 bits per heavy atom. The fourth-order valence-electron chi connectivity index (χ4n) is 4.50. The van der Waals surface area contributed by atoms with Gasteiger partial charge in [-0.1, -0.05) is 24.8 Å². The SMILES string of the molecule is C=CC(=O)Nc1ccc(-c2nn3ncnc(N)c3c2C2=CCC(C(=O)NC3CCC3)CC2)cc1. The molecule has 5 rings (SSSR count). The van der Waals surface area contributed by atoms with Crippen LogP contribution in [0.3, 0.4) is 0 Å². The van der Waals surface area contributed by atoms with Crippen molar-refractivity contribution in [2.75, 3.05) is 11.1 Å². The maximum atomic E-state index is 12.6. The van der Waals surface area contributed by atoms with Crippen LogP contribution < -0.4 is 16.4 Å². The molecule has 2 heterocycles. The number of hydrogen-bond donors (Lipinski definition) is 3. The standard InChI is InChI=1S/C25H27N7O2/c1-2-20(33)29-19-12-10-16(11-13-19)22-21(23-24(26)27-14-28-32(23)31-22)15-6-8-17(9-7-15)25(34)30-18-4-3-5-18/h2,6,10-14,17-18H,1,3-5,7-9H2,(H,29,33)(H,30,34)(H2,26,27,28). The molecule has 0 radical (unpaired) electrons. The quantitative estimate of drug-likeness (QED) is 0.487. The number of amides is 2. The number of nitrogens with one attached hydrogen (secondary N) is 2. The van der Waals surface area contributed by atoms with E-state index in [1.807, 2.05) is 24.3 Å². The Morgan fingerprint density at radius 1 is 1.18 bits per heavy atom. The fraction of sp³-hybridized carbons (Fsp3) is 0.320. The van der Waals surface area contributed by atoms with Crippen LogP contribution in [0.15, 0.2) is 49.3 Å². The molecule has 0 aliphatic heterocycles. The van der Waals surface area contributed by atoms with Crippen LogP contribution in [0.1, 0.15) is 44.1 Å². The second kappa shape index (κ2) is 9.09. The van der Waals surface area contributed by atoms with Crippen LogP contribution in [-0.2, 0) is 9.59 Å². The lowest BCUT2D eigenvalue weighted by atomic mass is 9.84. The van der Waals surface area contributed by atoms with E-state index >= 15 is 0 Å². The van der Waals surface area contributed by atoms with Gasteiger partial charge in [-0.05, 0) is 62.3 Å². The second-order valence-corrected chi connectivity index (χ2v) is 8.81. The van der Waals surface area contributed by atoms with Gasteiger partial charge in [-0.25, -0.2) is 4.98 Å². The third-order valence-electron chi connectivity index (χ3n) is 6.63. The van der Waals surface area contributed by atoms with Gasteiger partial charge in [0.2, 0.25) is 11.8 Å². The summed E-state index contributed by atoms with van der Waals surface area (Å²) in [5, 5.41) is 14.9. The van der Waals surface area contributed by atoms with Crippen LogP contribution in [0, 0.1) is 5.92 Å². The normalized spacial score (nSPS) is 18.1. The number of nitrogen functional groups attached to an aromatic ring is 1. The molecule has 1 aromatic carbocycles. The van der Waals surface area contributed by atoms with E-state index < -0.39 is 0 Å². The van der Waals surface area contributed by atoms with Crippen LogP contribution in [0.2, 0.25) is 0 Å². The van der Waals surface area contributed by atoms with E-state index in [0.717, 1.165) is 48.1 Å². The molecule has 1 saturated carbocycles. The molecule has 4 N–H and O–H groups in total. The Hall–Kier alpha value is -4.01. The minimum Gasteiger partial charge on any atom is -0.382 e. The van der Waals surface area contributed by atoms with E-state index in [1.165, 1.54) is 23.5 Å². The maximum absolute atomic E-state index is 12.6. The van der Waals surface area contributed by atoms with E-state index in [-0.39, 0.29) is 17.7 Å². The summed E-state index contributed by atoms with van der Waals surface area (Å²) < 4.78 is 1.51. The summed E-state index contributed by atoms with van der Waals surface area (Å²) in [5.74, 6) is 0.216. The fourth-order valence-corrected chi connectivity index (χ4v) is 4.50. The van der Waals surface area contributed by atoms with Gasteiger partial charge in [0, 0.05) is 28.8 Å². The molecule has 9 heteroatoms. The lowest BCUT2D eigenvalue weighted by Crippen LogP contribution is -2.42. The van der Waals surface area contributed by atoms with Gasteiger partial charge < -0.3 is 16.4 Å². The lowest BCUT2D eigenvalue weighted by Gasteiger charge is -2.29. The van der Waals surface area contributed by atoms with Crippen LogP contribution in [0.4, 0.5) is 11.5 Å². The minimum absolute atomic E-state index is 0.0176. The number of nitrogens with two attached hydrogens (primary N) is 1. The summed E-state index contributed by atoms with van der Waals surface area (Å²) in [6.45, 7) is 3.47. The van der Waals surface area contributed by atoms with E-state index in [0.29, 0.717) is 29.5 Å². The number of fused-ring (bicyclic) bond motifs is 1. The highest BCUT2D eigenvalue weighted by Crippen LogP contribution is 2.39. The number of rotatable bonds is 6. The van der Waals surface area contributed by atoms with E-state index in [1.54, 1.807) is 0 Å². The molecule has 9 nitrogen and oxygen atoms in total. The first-order valence-electron chi connectivity index (χ1n) is 11.6. The third-order valence-corrected chi connectivity index (χ3v) is 6.63. The van der Waals surface area contributed by atoms with Gasteiger partial charge in [0.1, 0.15) is 17.5 Å². The average Bonchev–Trinajstić information content (AvgIpc) is 3.22. The molecule has 174 valence electrons. The largest absolute Gasteiger partial charge is 0.382 e. The van der Waals surface area contributed by atoms with Crippen LogP contribution in [0.5, 0.6) is 0 Å². The van der Waals surface area contributed by atoms with Gasteiger partial charge in [0.25, 0.3) is 0 Å². The molecular formula is C25H27N7O2. The van der Waals surface area contributed by atoms with Crippen molar-refractivity contribution in [2.24, 2.45) is 5.92 Å². The highest BCUT2D eigenvalue weighted by molar-refractivity contribution is 5.99. The van der Waals surface area contributed by atoms with Gasteiger partial charge >= 0.3 is 0 Å². The van der Waals surface area contributed by atoms with Crippen LogP contribution in [-0.4, -0.2) is 37.7 Å². The van der Waals surface area contributed by atoms with Gasteiger partial charge in [0.15, 0.2) is 5.82 Å². The first-order valence-corrected chi connectivity index (χ1v) is 11.6. The molecule has 2 aliphatic carbocycles. The Balaban J connectivity index is 1.47. The second-order valence-electron chi connectivity index (χ2n) is 8.81. The van der Waals surface area contributed by atoms with Crippen molar-refractivity contribution < 1.29 is 9.59 Å². The zero-order chi connectivity index (χ0) is 23.7.